The first-order valence-electron chi connectivity index (χ1n) is 6.85. The maximum atomic E-state index is 12.4. The van der Waals surface area contributed by atoms with Crippen molar-refractivity contribution in [3.63, 3.8) is 0 Å². The van der Waals surface area contributed by atoms with E-state index in [0.717, 1.165) is 0 Å². The topological polar surface area (TPSA) is 89.3 Å². The largest absolute Gasteiger partial charge is 0.354 e. The molecule has 3 N–H and O–H groups in total. The Morgan fingerprint density at radius 2 is 1.73 bits per heavy atom. The molecule has 0 spiro atoms. The van der Waals surface area contributed by atoms with Gasteiger partial charge in [-0.25, -0.2) is 0 Å². The molecule has 1 atom stereocenters. The van der Waals surface area contributed by atoms with E-state index in [0.29, 0.717) is 28.7 Å². The predicted octanol–water partition coefficient (Wildman–Crippen LogP) is 1.66. The summed E-state index contributed by atoms with van der Waals surface area (Å²) in [6.07, 6.45) is 0.323. The number of fused-ring (bicyclic) bond motifs is 1. The van der Waals surface area contributed by atoms with Crippen LogP contribution in [0.25, 0.3) is 0 Å². The van der Waals surface area contributed by atoms with Crippen molar-refractivity contribution in [1.82, 2.24) is 5.32 Å². The van der Waals surface area contributed by atoms with Gasteiger partial charge < -0.3 is 11.1 Å². The number of carbonyl (C=O) groups excluding carboxylic acids is 3. The van der Waals surface area contributed by atoms with Crippen molar-refractivity contribution in [2.45, 2.75) is 26.3 Å². The smallest absolute Gasteiger partial charge is 0.236 e. The molecule has 0 aromatic heterocycles. The second-order valence-electron chi connectivity index (χ2n) is 5.14. The highest BCUT2D eigenvalue weighted by molar-refractivity contribution is 6.26. The number of carbonyl (C=O) groups is 3. The number of allylic oxidation sites excluding steroid dienone is 1. The Labute approximate surface area is 135 Å². The van der Waals surface area contributed by atoms with E-state index < -0.39 is 6.04 Å². The first kappa shape index (κ1) is 18.1. The van der Waals surface area contributed by atoms with Crippen molar-refractivity contribution in [3.8, 4) is 0 Å². The van der Waals surface area contributed by atoms with E-state index in [1.807, 2.05) is 0 Å². The van der Waals surface area contributed by atoms with Crippen molar-refractivity contribution < 1.29 is 14.4 Å². The van der Waals surface area contributed by atoms with Gasteiger partial charge in [-0.1, -0.05) is 24.3 Å². The Kier molecular flexibility index (Phi) is 6.02. The summed E-state index contributed by atoms with van der Waals surface area (Å²) < 4.78 is 0. The van der Waals surface area contributed by atoms with Crippen LogP contribution in [0.2, 0.25) is 0 Å². The molecule has 0 fully saturated rings. The van der Waals surface area contributed by atoms with Crippen molar-refractivity contribution in [2.75, 3.05) is 6.54 Å². The number of ketones is 2. The van der Waals surface area contributed by atoms with E-state index in [4.69, 9.17) is 5.73 Å². The molecule has 0 radical (unpaired) electrons. The summed E-state index contributed by atoms with van der Waals surface area (Å²) in [5.74, 6) is -0.542. The van der Waals surface area contributed by atoms with Crippen LogP contribution in [0.1, 0.15) is 41.0 Å². The van der Waals surface area contributed by atoms with Crippen LogP contribution < -0.4 is 11.1 Å². The van der Waals surface area contributed by atoms with Crippen LogP contribution in [0.3, 0.4) is 0 Å². The fourth-order valence-electron chi connectivity index (χ4n) is 2.32. The molecule has 6 heteroatoms. The standard InChI is InChI=1S/C16H18N2O3.ClH/c1-9-11(7-8-18-16(21)10(2)17)15(20)13-6-4-3-5-12(13)14(9)19;/h3-6,10H,7-8,17H2,1-2H3,(H,18,21);1H/t10-;/m0./s1. The third kappa shape index (κ3) is 3.43. The number of nitrogens with one attached hydrogen (secondary N) is 1. The lowest BCUT2D eigenvalue weighted by atomic mass is 9.83. The summed E-state index contributed by atoms with van der Waals surface area (Å²) in [6.45, 7) is 3.53. The van der Waals surface area contributed by atoms with E-state index in [9.17, 15) is 14.4 Å². The molecule has 22 heavy (non-hydrogen) atoms. The number of Topliss-reactive ketones (excluding diaryl/α,β-unsaturated/α-hetero) is 2. The fourth-order valence-corrected chi connectivity index (χ4v) is 2.32. The molecule has 0 unspecified atom stereocenters. The zero-order valence-electron chi connectivity index (χ0n) is 12.5. The molecule has 2 rings (SSSR count). The van der Waals surface area contributed by atoms with Crippen LogP contribution in [0.15, 0.2) is 35.4 Å². The minimum atomic E-state index is -0.593. The molecule has 1 aromatic rings. The molecule has 0 heterocycles. The van der Waals surface area contributed by atoms with Gasteiger partial charge in [0.2, 0.25) is 5.91 Å². The third-order valence-corrected chi connectivity index (χ3v) is 3.57. The van der Waals surface area contributed by atoms with E-state index in [-0.39, 0.29) is 36.4 Å². The van der Waals surface area contributed by atoms with Crippen LogP contribution in [-0.2, 0) is 4.79 Å². The SMILES string of the molecule is CC1=C(CCNC(=O)[C@H](C)N)C(=O)c2ccccc2C1=O.Cl. The highest BCUT2D eigenvalue weighted by atomic mass is 35.5. The van der Waals surface area contributed by atoms with Crippen LogP contribution in [0.4, 0.5) is 0 Å². The van der Waals surface area contributed by atoms with Crippen molar-refractivity contribution in [2.24, 2.45) is 5.73 Å². The third-order valence-electron chi connectivity index (χ3n) is 3.57. The Balaban J connectivity index is 0.00000242. The molecule has 1 aliphatic rings. The van der Waals surface area contributed by atoms with E-state index in [1.54, 1.807) is 38.1 Å². The first-order chi connectivity index (χ1) is 9.93. The number of halogens is 1. The van der Waals surface area contributed by atoms with Crippen molar-refractivity contribution >= 4 is 29.9 Å². The Morgan fingerprint density at radius 3 is 2.27 bits per heavy atom. The second kappa shape index (κ2) is 7.33. The number of amides is 1. The molecule has 0 saturated heterocycles. The maximum absolute atomic E-state index is 12.4. The lowest BCUT2D eigenvalue weighted by Gasteiger charge is -2.19. The molecule has 0 aliphatic heterocycles. The normalized spacial score (nSPS) is 15.0. The summed E-state index contributed by atoms with van der Waals surface area (Å²) in [5.41, 5.74) is 7.24. The molecular formula is C16H19ClN2O3. The van der Waals surface area contributed by atoms with Crippen LogP contribution in [0.5, 0.6) is 0 Å². The van der Waals surface area contributed by atoms with Gasteiger partial charge in [0.15, 0.2) is 11.6 Å². The summed E-state index contributed by atoms with van der Waals surface area (Å²) in [7, 11) is 0. The van der Waals surface area contributed by atoms with Crippen molar-refractivity contribution in [1.29, 1.82) is 0 Å². The average Bonchev–Trinajstić information content (AvgIpc) is 2.48. The van der Waals surface area contributed by atoms with E-state index >= 15 is 0 Å². The molecule has 0 saturated carbocycles. The van der Waals surface area contributed by atoms with Gasteiger partial charge in [-0.2, -0.15) is 0 Å². The van der Waals surface area contributed by atoms with Crippen LogP contribution in [-0.4, -0.2) is 30.1 Å². The van der Waals surface area contributed by atoms with Gasteiger partial charge in [-0.05, 0) is 20.3 Å². The second-order valence-corrected chi connectivity index (χ2v) is 5.14. The first-order valence-corrected chi connectivity index (χ1v) is 6.85. The van der Waals surface area contributed by atoms with Gasteiger partial charge in [0.1, 0.15) is 0 Å². The summed E-state index contributed by atoms with van der Waals surface area (Å²) >= 11 is 0. The Morgan fingerprint density at radius 1 is 1.18 bits per heavy atom. The molecule has 1 aromatic carbocycles. The monoisotopic (exact) mass is 322 g/mol. The molecule has 0 bridgehead atoms. The quantitative estimate of drug-likeness (QED) is 0.882. The maximum Gasteiger partial charge on any atom is 0.236 e. The molecule has 1 amide bonds. The van der Waals surface area contributed by atoms with Crippen LogP contribution in [0, 0.1) is 0 Å². The van der Waals surface area contributed by atoms with Gasteiger partial charge in [-0.15, -0.1) is 12.4 Å². The molecular weight excluding hydrogens is 304 g/mol. The van der Waals surface area contributed by atoms with Gasteiger partial charge >= 0.3 is 0 Å². The number of hydrogen-bond donors (Lipinski definition) is 2. The van der Waals surface area contributed by atoms with Gasteiger partial charge in [-0.3, -0.25) is 14.4 Å². The zero-order valence-corrected chi connectivity index (χ0v) is 13.3. The number of benzene rings is 1. The average molecular weight is 323 g/mol. The highest BCUT2D eigenvalue weighted by Gasteiger charge is 2.29. The number of rotatable bonds is 4. The summed E-state index contributed by atoms with van der Waals surface area (Å²) in [6, 6.07) is 6.20. The Hall–Kier alpha value is -1.98. The predicted molar refractivity (Wildman–Crippen MR) is 86.3 cm³/mol. The van der Waals surface area contributed by atoms with Crippen LogP contribution >= 0.6 is 12.4 Å². The van der Waals surface area contributed by atoms with E-state index in [2.05, 4.69) is 5.32 Å². The lowest BCUT2D eigenvalue weighted by Crippen LogP contribution is -2.39. The molecule has 5 nitrogen and oxygen atoms in total. The summed E-state index contributed by atoms with van der Waals surface area (Å²) in [4.78, 5) is 36.1. The minimum absolute atomic E-state index is 0. The van der Waals surface area contributed by atoms with E-state index in [1.165, 1.54) is 0 Å². The lowest BCUT2D eigenvalue weighted by molar-refractivity contribution is -0.121. The summed E-state index contributed by atoms with van der Waals surface area (Å²) in [5, 5.41) is 2.65. The highest BCUT2D eigenvalue weighted by Crippen LogP contribution is 2.27. The number of hydrogen-bond acceptors (Lipinski definition) is 4. The fraction of sp³-hybridized carbons (Fsp3) is 0.312. The Bertz CT molecular complexity index is 651. The van der Waals surface area contributed by atoms with Gasteiger partial charge in [0, 0.05) is 28.8 Å². The number of nitrogens with two attached hydrogens (primary N) is 1. The molecule has 118 valence electrons. The molecule has 1 aliphatic carbocycles. The zero-order chi connectivity index (χ0) is 15.6. The van der Waals surface area contributed by atoms with Gasteiger partial charge in [0.05, 0.1) is 6.04 Å². The van der Waals surface area contributed by atoms with Gasteiger partial charge in [0.25, 0.3) is 0 Å². The minimum Gasteiger partial charge on any atom is -0.354 e. The van der Waals surface area contributed by atoms with Crippen molar-refractivity contribution in [3.05, 3.63) is 46.5 Å².